The average molecular weight is 463 g/mol. The molecule has 180 valence electrons. The normalized spacial score (nSPS) is 28.4. The fourth-order valence-electron chi connectivity index (χ4n) is 6.04. The Kier molecular flexibility index (Phi) is 5.15. The molecule has 2 fully saturated rings. The number of carbonyl (C=O) groups excluding carboxylic acids is 1. The Labute approximate surface area is 201 Å². The number of fused-ring (bicyclic) bond motifs is 4. The molecule has 1 amide bonds. The Balaban J connectivity index is 1.27. The van der Waals surface area contributed by atoms with Crippen molar-refractivity contribution in [3.05, 3.63) is 53.6 Å². The van der Waals surface area contributed by atoms with Crippen molar-refractivity contribution in [2.24, 2.45) is 0 Å². The first-order valence-corrected chi connectivity index (χ1v) is 12.6. The maximum Gasteiger partial charge on any atom is 0.245 e. The van der Waals surface area contributed by atoms with Crippen molar-refractivity contribution >= 4 is 11.6 Å². The molecule has 0 saturated carbocycles. The molecule has 4 heterocycles. The number of ether oxygens (including phenoxy) is 3. The van der Waals surface area contributed by atoms with E-state index in [9.17, 15) is 4.79 Å². The maximum atomic E-state index is 14.0. The van der Waals surface area contributed by atoms with E-state index in [0.717, 1.165) is 67.3 Å². The average Bonchev–Trinajstić information content (AvgIpc) is 3.59. The van der Waals surface area contributed by atoms with Crippen molar-refractivity contribution in [1.29, 1.82) is 0 Å². The minimum absolute atomic E-state index is 0.0910. The monoisotopic (exact) mass is 462 g/mol. The molecule has 0 bridgehead atoms. The standard InChI is InChI=1S/C28H34N2O4/c1-27(2,3)29-13-12-21(16-29)34-19-10-11-23-25(15-19)33-18-28(23)22-8-4-5-9-24(22)30(26(28)31)17-20-7-6-14-32-20/h4-5,8-11,15,20-21H,6-7,12-14,16-18H2,1-3H3/t20-,21+,28?/m1/s1. The third-order valence-corrected chi connectivity index (χ3v) is 7.93. The van der Waals surface area contributed by atoms with Crippen LogP contribution in [0.25, 0.3) is 0 Å². The second-order valence-corrected chi connectivity index (χ2v) is 11.1. The van der Waals surface area contributed by atoms with Gasteiger partial charge < -0.3 is 19.1 Å². The quantitative estimate of drug-likeness (QED) is 0.684. The molecule has 0 aromatic heterocycles. The number of rotatable bonds is 4. The van der Waals surface area contributed by atoms with Crippen molar-refractivity contribution in [1.82, 2.24) is 4.90 Å². The number of hydrogen-bond donors (Lipinski definition) is 0. The number of carbonyl (C=O) groups is 1. The Hall–Kier alpha value is -2.57. The van der Waals surface area contributed by atoms with Crippen LogP contribution in [0.15, 0.2) is 42.5 Å². The van der Waals surface area contributed by atoms with E-state index in [4.69, 9.17) is 14.2 Å². The van der Waals surface area contributed by atoms with Crippen molar-refractivity contribution in [3.8, 4) is 11.5 Å². The van der Waals surface area contributed by atoms with E-state index in [1.165, 1.54) is 0 Å². The molecule has 2 aromatic rings. The number of nitrogens with zero attached hydrogens (tertiary/aromatic N) is 2. The molecular formula is C28H34N2O4. The highest BCUT2D eigenvalue weighted by Gasteiger charge is 2.57. The minimum atomic E-state index is -0.792. The molecule has 4 aliphatic rings. The molecule has 4 aliphatic heterocycles. The molecule has 2 saturated heterocycles. The molecular weight excluding hydrogens is 428 g/mol. The summed E-state index contributed by atoms with van der Waals surface area (Å²) in [6, 6.07) is 14.2. The predicted octanol–water partition coefficient (Wildman–Crippen LogP) is 4.14. The molecule has 3 atom stereocenters. The van der Waals surface area contributed by atoms with Gasteiger partial charge in [0.1, 0.15) is 29.6 Å². The highest BCUT2D eigenvalue weighted by molar-refractivity contribution is 6.11. The van der Waals surface area contributed by atoms with Crippen molar-refractivity contribution in [3.63, 3.8) is 0 Å². The zero-order valence-corrected chi connectivity index (χ0v) is 20.4. The SMILES string of the molecule is CC(C)(C)N1CC[C@H](Oc2ccc3c(c2)OCC32C(=O)N(C[C@H]3CCCO3)c3ccccc32)C1. The van der Waals surface area contributed by atoms with Crippen LogP contribution >= 0.6 is 0 Å². The topological polar surface area (TPSA) is 51.2 Å². The first-order chi connectivity index (χ1) is 16.4. The van der Waals surface area contributed by atoms with E-state index in [0.29, 0.717) is 13.2 Å². The Morgan fingerprint density at radius 2 is 1.97 bits per heavy atom. The number of hydrogen-bond acceptors (Lipinski definition) is 5. The van der Waals surface area contributed by atoms with Gasteiger partial charge in [-0.15, -0.1) is 0 Å². The summed E-state index contributed by atoms with van der Waals surface area (Å²) in [5, 5.41) is 0. The van der Waals surface area contributed by atoms with Gasteiger partial charge >= 0.3 is 0 Å². The molecule has 2 aromatic carbocycles. The van der Waals surface area contributed by atoms with Gasteiger partial charge in [0.05, 0.1) is 12.6 Å². The molecule has 1 unspecified atom stereocenters. The number of para-hydroxylation sites is 1. The third-order valence-electron chi connectivity index (χ3n) is 7.93. The molecule has 6 nitrogen and oxygen atoms in total. The maximum absolute atomic E-state index is 14.0. The summed E-state index contributed by atoms with van der Waals surface area (Å²) in [4.78, 5) is 18.4. The van der Waals surface area contributed by atoms with Gasteiger partial charge in [0.25, 0.3) is 0 Å². The van der Waals surface area contributed by atoms with E-state index in [-0.39, 0.29) is 23.7 Å². The van der Waals surface area contributed by atoms with E-state index >= 15 is 0 Å². The van der Waals surface area contributed by atoms with Gasteiger partial charge in [0.15, 0.2) is 0 Å². The van der Waals surface area contributed by atoms with Crippen molar-refractivity contribution in [2.45, 2.75) is 63.2 Å². The van der Waals surface area contributed by atoms with Gasteiger partial charge in [0.2, 0.25) is 5.91 Å². The number of amides is 1. The van der Waals surface area contributed by atoms with Crippen molar-refractivity contribution < 1.29 is 19.0 Å². The van der Waals surface area contributed by atoms with E-state index in [1.807, 2.05) is 41.3 Å². The largest absolute Gasteiger partial charge is 0.491 e. The minimum Gasteiger partial charge on any atom is -0.491 e. The van der Waals surface area contributed by atoms with Gasteiger partial charge in [-0.2, -0.15) is 0 Å². The number of benzene rings is 2. The zero-order chi connectivity index (χ0) is 23.5. The second kappa shape index (κ2) is 7.99. The summed E-state index contributed by atoms with van der Waals surface area (Å²) < 4.78 is 18.4. The summed E-state index contributed by atoms with van der Waals surface area (Å²) in [6.45, 7) is 10.4. The Morgan fingerprint density at radius 1 is 1.12 bits per heavy atom. The molecule has 0 N–H and O–H groups in total. The van der Waals surface area contributed by atoms with E-state index in [1.54, 1.807) is 0 Å². The van der Waals surface area contributed by atoms with Crippen LogP contribution in [0.5, 0.6) is 11.5 Å². The fraction of sp³-hybridized carbons (Fsp3) is 0.536. The lowest BCUT2D eigenvalue weighted by Gasteiger charge is -2.31. The van der Waals surface area contributed by atoms with E-state index < -0.39 is 5.41 Å². The molecule has 6 rings (SSSR count). The van der Waals surface area contributed by atoms with Crippen LogP contribution in [0.1, 0.15) is 51.2 Å². The molecule has 1 spiro atoms. The van der Waals surface area contributed by atoms with Crippen LogP contribution in [0.2, 0.25) is 0 Å². The van der Waals surface area contributed by atoms with Gasteiger partial charge in [0, 0.05) is 42.6 Å². The first-order valence-electron chi connectivity index (χ1n) is 12.6. The molecule has 0 radical (unpaired) electrons. The fourth-order valence-corrected chi connectivity index (χ4v) is 6.04. The first kappa shape index (κ1) is 21.9. The van der Waals surface area contributed by atoms with Crippen molar-refractivity contribution in [2.75, 3.05) is 37.7 Å². The van der Waals surface area contributed by atoms with E-state index in [2.05, 4.69) is 31.7 Å². The summed E-state index contributed by atoms with van der Waals surface area (Å²) in [5.74, 6) is 1.66. The van der Waals surface area contributed by atoms with Gasteiger partial charge in [-0.3, -0.25) is 9.69 Å². The van der Waals surface area contributed by atoms with Crippen LogP contribution < -0.4 is 14.4 Å². The number of anilines is 1. The highest BCUT2D eigenvalue weighted by atomic mass is 16.5. The summed E-state index contributed by atoms with van der Waals surface area (Å²) in [5.41, 5.74) is 2.31. The molecule has 0 aliphatic carbocycles. The number of likely N-dealkylation sites (tertiary alicyclic amines) is 1. The lowest BCUT2D eigenvalue weighted by atomic mass is 9.77. The third kappa shape index (κ3) is 3.42. The lowest BCUT2D eigenvalue weighted by molar-refractivity contribution is -0.122. The smallest absolute Gasteiger partial charge is 0.245 e. The molecule has 6 heteroatoms. The van der Waals surface area contributed by atoms with Crippen LogP contribution in [0.4, 0.5) is 5.69 Å². The Bertz CT molecular complexity index is 1100. The zero-order valence-electron chi connectivity index (χ0n) is 20.4. The Morgan fingerprint density at radius 3 is 2.74 bits per heavy atom. The van der Waals surface area contributed by atoms with Crippen LogP contribution in [0.3, 0.4) is 0 Å². The summed E-state index contributed by atoms with van der Waals surface area (Å²) >= 11 is 0. The lowest BCUT2D eigenvalue weighted by Crippen LogP contribution is -2.44. The summed E-state index contributed by atoms with van der Waals surface area (Å²) in [6.07, 6.45) is 3.35. The van der Waals surface area contributed by atoms with Crippen LogP contribution in [-0.2, 0) is 14.9 Å². The second-order valence-electron chi connectivity index (χ2n) is 11.1. The van der Waals surface area contributed by atoms with Crippen LogP contribution in [0, 0.1) is 0 Å². The van der Waals surface area contributed by atoms with Gasteiger partial charge in [-0.1, -0.05) is 24.3 Å². The molecule has 34 heavy (non-hydrogen) atoms. The highest BCUT2D eigenvalue weighted by Crippen LogP contribution is 2.53. The van der Waals surface area contributed by atoms with Gasteiger partial charge in [-0.05, 0) is 57.7 Å². The van der Waals surface area contributed by atoms with Crippen LogP contribution in [-0.4, -0.2) is 61.4 Å². The van der Waals surface area contributed by atoms with Gasteiger partial charge in [-0.25, -0.2) is 0 Å². The summed E-state index contributed by atoms with van der Waals surface area (Å²) in [7, 11) is 0. The predicted molar refractivity (Wildman–Crippen MR) is 131 cm³/mol.